The molecule has 0 unspecified atom stereocenters. The first kappa shape index (κ1) is 9.60. The molecule has 13 heavy (non-hydrogen) atoms. The molecule has 0 saturated heterocycles. The van der Waals surface area contributed by atoms with Gasteiger partial charge >= 0.3 is 0 Å². The van der Waals surface area contributed by atoms with Gasteiger partial charge in [-0.2, -0.15) is 5.26 Å². The molecule has 0 atom stereocenters. The smallest absolute Gasteiger partial charge is 0.0991 e. The normalized spacial score (nSPS) is 9.46. The second-order valence-electron chi connectivity index (χ2n) is 3.46. The van der Waals surface area contributed by atoms with Crippen molar-refractivity contribution >= 4 is 5.69 Å². The summed E-state index contributed by atoms with van der Waals surface area (Å²) in [6.07, 6.45) is 0. The number of nitrogens with zero attached hydrogens (tertiary/aromatic N) is 2. The number of hydrogen-bond acceptors (Lipinski definition) is 2. The molecule has 0 radical (unpaired) electrons. The highest BCUT2D eigenvalue weighted by Crippen LogP contribution is 2.23. The van der Waals surface area contributed by atoms with Crippen molar-refractivity contribution in [2.24, 2.45) is 0 Å². The van der Waals surface area contributed by atoms with E-state index in [1.807, 2.05) is 40.1 Å². The lowest BCUT2D eigenvalue weighted by molar-refractivity contribution is 1.09. The number of anilines is 1. The van der Waals surface area contributed by atoms with Gasteiger partial charge in [0, 0.05) is 19.8 Å². The first-order valence-corrected chi connectivity index (χ1v) is 4.25. The van der Waals surface area contributed by atoms with E-state index in [-0.39, 0.29) is 0 Å². The van der Waals surface area contributed by atoms with Crippen LogP contribution in [0.25, 0.3) is 0 Å². The summed E-state index contributed by atoms with van der Waals surface area (Å²) in [5.74, 6) is 0. The third-order valence-corrected chi connectivity index (χ3v) is 2.07. The van der Waals surface area contributed by atoms with Crippen molar-refractivity contribution in [3.63, 3.8) is 0 Å². The van der Waals surface area contributed by atoms with Crippen molar-refractivity contribution in [2.75, 3.05) is 19.0 Å². The summed E-state index contributed by atoms with van der Waals surface area (Å²) in [6.45, 7) is 4.06. The maximum absolute atomic E-state index is 8.75. The van der Waals surface area contributed by atoms with Gasteiger partial charge in [0.15, 0.2) is 0 Å². The fraction of sp³-hybridized carbons (Fsp3) is 0.364. The molecule has 0 aliphatic heterocycles. The predicted octanol–water partition coefficient (Wildman–Crippen LogP) is 2.24. The minimum atomic E-state index is 0.737. The van der Waals surface area contributed by atoms with Crippen molar-refractivity contribution in [3.05, 3.63) is 28.8 Å². The van der Waals surface area contributed by atoms with E-state index in [0.29, 0.717) is 0 Å². The lowest BCUT2D eigenvalue weighted by atomic mass is 10.0. The second kappa shape index (κ2) is 3.49. The van der Waals surface area contributed by atoms with E-state index in [4.69, 9.17) is 5.26 Å². The van der Waals surface area contributed by atoms with E-state index in [0.717, 1.165) is 16.7 Å². The zero-order valence-corrected chi connectivity index (χ0v) is 8.55. The Morgan fingerprint density at radius 3 is 1.92 bits per heavy atom. The minimum Gasteiger partial charge on any atom is -0.377 e. The summed E-state index contributed by atoms with van der Waals surface area (Å²) in [6, 6.07) is 5.99. The van der Waals surface area contributed by atoms with Crippen LogP contribution in [0.2, 0.25) is 0 Å². The zero-order valence-electron chi connectivity index (χ0n) is 8.55. The van der Waals surface area contributed by atoms with Gasteiger partial charge in [0.2, 0.25) is 0 Å². The van der Waals surface area contributed by atoms with Crippen LogP contribution < -0.4 is 4.90 Å². The molecule has 0 aromatic heterocycles. The van der Waals surface area contributed by atoms with Crippen LogP contribution in [0.3, 0.4) is 0 Å². The largest absolute Gasteiger partial charge is 0.377 e. The summed E-state index contributed by atoms with van der Waals surface area (Å²) >= 11 is 0. The monoisotopic (exact) mass is 174 g/mol. The van der Waals surface area contributed by atoms with Crippen molar-refractivity contribution in [3.8, 4) is 6.07 Å². The fourth-order valence-corrected chi connectivity index (χ4v) is 1.73. The molecule has 2 nitrogen and oxygen atoms in total. The van der Waals surface area contributed by atoms with Gasteiger partial charge < -0.3 is 4.90 Å². The van der Waals surface area contributed by atoms with Crippen LogP contribution in [0, 0.1) is 25.2 Å². The Balaban J connectivity index is 3.33. The number of benzene rings is 1. The first-order chi connectivity index (χ1) is 6.06. The van der Waals surface area contributed by atoms with Crippen LogP contribution in [0.5, 0.6) is 0 Å². The Bertz CT molecular complexity index is 336. The Labute approximate surface area is 79.4 Å². The third-order valence-electron chi connectivity index (χ3n) is 2.07. The standard InChI is InChI=1S/C11H14N2/c1-8-5-10(7-12)6-9(2)11(8)13(3)4/h5-6H,1-4H3. The minimum absolute atomic E-state index is 0.737. The van der Waals surface area contributed by atoms with Crippen molar-refractivity contribution < 1.29 is 0 Å². The third kappa shape index (κ3) is 1.81. The lowest BCUT2D eigenvalue weighted by Gasteiger charge is -2.18. The van der Waals surface area contributed by atoms with Crippen LogP contribution in [-0.4, -0.2) is 14.1 Å². The summed E-state index contributed by atoms with van der Waals surface area (Å²) in [4.78, 5) is 2.08. The fourth-order valence-electron chi connectivity index (χ4n) is 1.73. The number of rotatable bonds is 1. The molecule has 68 valence electrons. The topological polar surface area (TPSA) is 27.0 Å². The highest BCUT2D eigenvalue weighted by Gasteiger charge is 2.05. The second-order valence-corrected chi connectivity index (χ2v) is 3.46. The van der Waals surface area contributed by atoms with Crippen molar-refractivity contribution in [1.82, 2.24) is 0 Å². The zero-order chi connectivity index (χ0) is 10.0. The molecule has 1 aromatic rings. The van der Waals surface area contributed by atoms with Gasteiger partial charge in [-0.05, 0) is 37.1 Å². The Kier molecular flexibility index (Phi) is 2.57. The van der Waals surface area contributed by atoms with Gasteiger partial charge in [-0.15, -0.1) is 0 Å². The molecule has 0 amide bonds. The van der Waals surface area contributed by atoms with Crippen molar-refractivity contribution in [1.29, 1.82) is 5.26 Å². The van der Waals surface area contributed by atoms with Gasteiger partial charge in [-0.1, -0.05) is 0 Å². The Hall–Kier alpha value is -1.49. The average molecular weight is 174 g/mol. The molecule has 0 aliphatic carbocycles. The molecule has 0 spiro atoms. The molecule has 0 heterocycles. The van der Waals surface area contributed by atoms with E-state index >= 15 is 0 Å². The molecule has 1 aromatic carbocycles. The van der Waals surface area contributed by atoms with Crippen molar-refractivity contribution in [2.45, 2.75) is 13.8 Å². The molecule has 0 saturated carbocycles. The van der Waals surface area contributed by atoms with Gasteiger partial charge in [0.25, 0.3) is 0 Å². The number of hydrogen-bond donors (Lipinski definition) is 0. The van der Waals surface area contributed by atoms with E-state index < -0.39 is 0 Å². The Morgan fingerprint density at radius 1 is 1.15 bits per heavy atom. The molecular formula is C11H14N2. The SMILES string of the molecule is Cc1cc(C#N)cc(C)c1N(C)C. The maximum atomic E-state index is 8.75. The first-order valence-electron chi connectivity index (χ1n) is 4.25. The molecule has 0 bridgehead atoms. The average Bonchev–Trinajstić information content (AvgIpc) is 2.02. The Morgan fingerprint density at radius 2 is 1.62 bits per heavy atom. The maximum Gasteiger partial charge on any atom is 0.0991 e. The molecule has 0 aliphatic rings. The quantitative estimate of drug-likeness (QED) is 0.653. The number of aryl methyl sites for hydroxylation is 2. The predicted molar refractivity (Wildman–Crippen MR) is 55.0 cm³/mol. The van der Waals surface area contributed by atoms with Crippen LogP contribution in [0.15, 0.2) is 12.1 Å². The summed E-state index contributed by atoms with van der Waals surface area (Å²) < 4.78 is 0. The lowest BCUT2D eigenvalue weighted by Crippen LogP contribution is -2.12. The van der Waals surface area contributed by atoms with E-state index in [1.54, 1.807) is 0 Å². The number of nitriles is 1. The van der Waals surface area contributed by atoms with Crippen LogP contribution in [0.4, 0.5) is 5.69 Å². The molecule has 1 rings (SSSR count). The van der Waals surface area contributed by atoms with Gasteiger partial charge in [-0.3, -0.25) is 0 Å². The molecular weight excluding hydrogens is 160 g/mol. The summed E-state index contributed by atoms with van der Waals surface area (Å²) in [7, 11) is 4.03. The van der Waals surface area contributed by atoms with Crippen LogP contribution in [-0.2, 0) is 0 Å². The van der Waals surface area contributed by atoms with Gasteiger partial charge in [-0.25, -0.2) is 0 Å². The molecule has 0 N–H and O–H groups in total. The van der Waals surface area contributed by atoms with E-state index in [2.05, 4.69) is 11.0 Å². The van der Waals surface area contributed by atoms with E-state index in [1.165, 1.54) is 5.69 Å². The highest BCUT2D eigenvalue weighted by atomic mass is 15.1. The summed E-state index contributed by atoms with van der Waals surface area (Å²) in [5.41, 5.74) is 4.25. The van der Waals surface area contributed by atoms with E-state index in [9.17, 15) is 0 Å². The molecule has 0 fully saturated rings. The highest BCUT2D eigenvalue weighted by molar-refractivity contribution is 5.60. The van der Waals surface area contributed by atoms with Gasteiger partial charge in [0.05, 0.1) is 11.6 Å². The van der Waals surface area contributed by atoms with Gasteiger partial charge in [0.1, 0.15) is 0 Å². The summed E-state index contributed by atoms with van der Waals surface area (Å²) in [5, 5.41) is 8.75. The molecule has 2 heteroatoms. The van der Waals surface area contributed by atoms with Crippen LogP contribution in [0.1, 0.15) is 16.7 Å². The van der Waals surface area contributed by atoms with Crippen LogP contribution >= 0.6 is 0 Å².